The Kier molecular flexibility index (Phi) is 8.17. The van der Waals surface area contributed by atoms with Crippen LogP contribution in [0.3, 0.4) is 0 Å². The van der Waals surface area contributed by atoms with Crippen molar-refractivity contribution < 1.29 is 29.0 Å². The Balaban J connectivity index is 1.76. The minimum atomic E-state index is -1.48. The topological polar surface area (TPSA) is 114 Å². The smallest absolute Gasteiger partial charge is 0.408 e. The molecule has 1 aliphatic rings. The molecule has 0 radical (unpaired) electrons. The third-order valence-corrected chi connectivity index (χ3v) is 6.73. The predicted octanol–water partition coefficient (Wildman–Crippen LogP) is 4.08. The summed E-state index contributed by atoms with van der Waals surface area (Å²) in [6, 6.07) is 16.0. The number of alkyl carbamates (subject to hydrolysis) is 1. The summed E-state index contributed by atoms with van der Waals surface area (Å²) in [4.78, 5) is 38.0. The Morgan fingerprint density at radius 1 is 0.971 bits per heavy atom. The van der Waals surface area contributed by atoms with Crippen LogP contribution in [0.4, 0.5) is 4.79 Å². The Hall–Kier alpha value is -3.39. The molecule has 2 unspecified atom stereocenters. The number of aliphatic carboxylic acids is 1. The maximum absolute atomic E-state index is 13.3. The maximum atomic E-state index is 13.3. The van der Waals surface area contributed by atoms with Crippen molar-refractivity contribution in [2.75, 3.05) is 20.3 Å². The van der Waals surface area contributed by atoms with Crippen molar-refractivity contribution in [3.05, 3.63) is 59.7 Å². The molecule has 0 aliphatic heterocycles. The number of nitrogens with one attached hydrogen (secondary N) is 2. The van der Waals surface area contributed by atoms with E-state index in [1.807, 2.05) is 43.3 Å². The zero-order chi connectivity index (χ0) is 25.6. The molecule has 8 nitrogen and oxygen atoms in total. The molecule has 2 amide bonds. The third kappa shape index (κ3) is 5.32. The fraction of sp³-hybridized carbons (Fsp3) is 0.444. The van der Waals surface area contributed by atoms with E-state index in [0.717, 1.165) is 22.3 Å². The van der Waals surface area contributed by atoms with Gasteiger partial charge in [-0.25, -0.2) is 9.59 Å². The van der Waals surface area contributed by atoms with Gasteiger partial charge < -0.3 is 25.2 Å². The summed E-state index contributed by atoms with van der Waals surface area (Å²) >= 11 is 0. The Bertz CT molecular complexity index is 1040. The van der Waals surface area contributed by atoms with Crippen LogP contribution in [0.2, 0.25) is 0 Å². The molecule has 0 heterocycles. The van der Waals surface area contributed by atoms with Crippen molar-refractivity contribution in [1.29, 1.82) is 0 Å². The highest BCUT2D eigenvalue weighted by Crippen LogP contribution is 2.44. The lowest BCUT2D eigenvalue weighted by Crippen LogP contribution is -2.66. The van der Waals surface area contributed by atoms with E-state index in [9.17, 15) is 19.5 Å². The standard InChI is InChI=1S/C27H34N2O6/c1-5-15-26(3,24(31)32)28-23(30)27(6-2,17-34-4)29-25(33)35-16-22-20-13-9-7-11-18(20)19-12-8-10-14-21(19)22/h7-14,22H,5-6,15-17H2,1-4H3,(H,28,30)(H,29,33)(H,31,32). The zero-order valence-corrected chi connectivity index (χ0v) is 20.7. The van der Waals surface area contributed by atoms with Crippen LogP contribution < -0.4 is 10.6 Å². The molecule has 2 atom stereocenters. The number of fused-ring (bicyclic) bond motifs is 3. The van der Waals surface area contributed by atoms with Crippen LogP contribution in [0.1, 0.15) is 57.1 Å². The molecule has 2 aromatic carbocycles. The summed E-state index contributed by atoms with van der Waals surface area (Å²) in [5.41, 5.74) is 1.43. The lowest BCUT2D eigenvalue weighted by atomic mass is 9.91. The van der Waals surface area contributed by atoms with Gasteiger partial charge in [-0.1, -0.05) is 68.8 Å². The Morgan fingerprint density at radius 3 is 2.03 bits per heavy atom. The van der Waals surface area contributed by atoms with E-state index >= 15 is 0 Å². The highest BCUT2D eigenvalue weighted by atomic mass is 16.5. The predicted molar refractivity (Wildman–Crippen MR) is 132 cm³/mol. The maximum Gasteiger partial charge on any atom is 0.408 e. The first kappa shape index (κ1) is 26.2. The summed E-state index contributed by atoms with van der Waals surface area (Å²) < 4.78 is 10.9. The lowest BCUT2D eigenvalue weighted by molar-refractivity contribution is -0.149. The van der Waals surface area contributed by atoms with E-state index in [0.29, 0.717) is 6.42 Å². The van der Waals surface area contributed by atoms with Gasteiger partial charge in [-0.15, -0.1) is 0 Å². The number of methoxy groups -OCH3 is 1. The van der Waals surface area contributed by atoms with Crippen LogP contribution in [0, 0.1) is 0 Å². The minimum Gasteiger partial charge on any atom is -0.480 e. The highest BCUT2D eigenvalue weighted by molar-refractivity contribution is 5.94. The Morgan fingerprint density at radius 2 is 1.54 bits per heavy atom. The monoisotopic (exact) mass is 482 g/mol. The van der Waals surface area contributed by atoms with E-state index in [4.69, 9.17) is 9.47 Å². The molecular weight excluding hydrogens is 448 g/mol. The first-order valence-electron chi connectivity index (χ1n) is 11.9. The summed E-state index contributed by atoms with van der Waals surface area (Å²) in [5, 5.41) is 14.9. The molecule has 0 saturated heterocycles. The molecule has 2 aromatic rings. The molecule has 8 heteroatoms. The van der Waals surface area contributed by atoms with Crippen molar-refractivity contribution in [3.63, 3.8) is 0 Å². The number of hydrogen-bond acceptors (Lipinski definition) is 5. The average molecular weight is 483 g/mol. The average Bonchev–Trinajstić information content (AvgIpc) is 3.16. The van der Waals surface area contributed by atoms with Gasteiger partial charge in [0.05, 0.1) is 6.61 Å². The normalized spacial score (nSPS) is 15.8. The number of hydrogen-bond donors (Lipinski definition) is 3. The lowest BCUT2D eigenvalue weighted by Gasteiger charge is -2.35. The number of carbonyl (C=O) groups is 3. The van der Waals surface area contributed by atoms with Crippen LogP contribution in [-0.4, -0.2) is 54.5 Å². The molecule has 3 N–H and O–H groups in total. The van der Waals surface area contributed by atoms with E-state index in [-0.39, 0.29) is 32.0 Å². The second-order valence-electron chi connectivity index (χ2n) is 9.16. The van der Waals surface area contributed by atoms with Crippen LogP contribution in [-0.2, 0) is 19.1 Å². The van der Waals surface area contributed by atoms with Crippen molar-refractivity contribution in [2.45, 2.75) is 57.0 Å². The van der Waals surface area contributed by atoms with Gasteiger partial charge in [0.2, 0.25) is 5.91 Å². The second-order valence-corrected chi connectivity index (χ2v) is 9.16. The molecule has 0 saturated carbocycles. The van der Waals surface area contributed by atoms with E-state index in [1.165, 1.54) is 14.0 Å². The van der Waals surface area contributed by atoms with Crippen LogP contribution in [0.5, 0.6) is 0 Å². The Labute approximate surface area is 206 Å². The van der Waals surface area contributed by atoms with Gasteiger partial charge in [-0.05, 0) is 42.0 Å². The van der Waals surface area contributed by atoms with Gasteiger partial charge in [0.25, 0.3) is 0 Å². The fourth-order valence-electron chi connectivity index (χ4n) is 4.68. The van der Waals surface area contributed by atoms with Crippen LogP contribution >= 0.6 is 0 Å². The van der Waals surface area contributed by atoms with Gasteiger partial charge in [-0.3, -0.25) is 4.79 Å². The first-order valence-corrected chi connectivity index (χ1v) is 11.9. The molecule has 35 heavy (non-hydrogen) atoms. The summed E-state index contributed by atoms with van der Waals surface area (Å²) in [7, 11) is 1.42. The van der Waals surface area contributed by atoms with Crippen LogP contribution in [0.15, 0.2) is 48.5 Å². The van der Waals surface area contributed by atoms with Crippen molar-refractivity contribution in [2.24, 2.45) is 0 Å². The molecule has 188 valence electrons. The molecular formula is C27H34N2O6. The summed E-state index contributed by atoms with van der Waals surface area (Å²) in [6.45, 7) is 4.97. The van der Waals surface area contributed by atoms with E-state index < -0.39 is 29.0 Å². The van der Waals surface area contributed by atoms with Crippen molar-refractivity contribution in [1.82, 2.24) is 10.6 Å². The SMILES string of the molecule is CCCC(C)(NC(=O)C(CC)(COC)NC(=O)OCC1c2ccccc2-c2ccccc21)C(=O)O. The van der Waals surface area contributed by atoms with Gasteiger partial charge in [0.1, 0.15) is 17.7 Å². The molecule has 0 fully saturated rings. The van der Waals surface area contributed by atoms with Crippen molar-refractivity contribution in [3.8, 4) is 11.1 Å². The zero-order valence-electron chi connectivity index (χ0n) is 20.7. The first-order chi connectivity index (χ1) is 16.7. The van der Waals surface area contributed by atoms with Gasteiger partial charge in [0.15, 0.2) is 0 Å². The number of rotatable bonds is 11. The third-order valence-electron chi connectivity index (χ3n) is 6.73. The number of benzene rings is 2. The number of carbonyl (C=O) groups excluding carboxylic acids is 2. The molecule has 3 rings (SSSR count). The highest BCUT2D eigenvalue weighted by Gasteiger charge is 2.44. The van der Waals surface area contributed by atoms with Gasteiger partial charge in [0, 0.05) is 13.0 Å². The summed E-state index contributed by atoms with van der Waals surface area (Å²) in [6.07, 6.45) is 0.213. The van der Waals surface area contributed by atoms with Gasteiger partial charge in [-0.2, -0.15) is 0 Å². The van der Waals surface area contributed by atoms with Crippen LogP contribution in [0.25, 0.3) is 11.1 Å². The minimum absolute atomic E-state index is 0.0942. The number of carboxylic acid groups (broad SMARTS) is 1. The quantitative estimate of drug-likeness (QED) is 0.445. The number of ether oxygens (including phenoxy) is 2. The fourth-order valence-corrected chi connectivity index (χ4v) is 4.68. The van der Waals surface area contributed by atoms with E-state index in [2.05, 4.69) is 22.8 Å². The molecule has 0 aromatic heterocycles. The molecule has 1 aliphatic carbocycles. The largest absolute Gasteiger partial charge is 0.480 e. The number of carboxylic acids is 1. The molecule has 0 bridgehead atoms. The number of amides is 2. The van der Waals surface area contributed by atoms with Crippen molar-refractivity contribution >= 4 is 18.0 Å². The second kappa shape index (κ2) is 10.9. The molecule has 0 spiro atoms. The summed E-state index contributed by atoms with van der Waals surface area (Å²) in [5.74, 6) is -1.90. The van der Waals surface area contributed by atoms with Gasteiger partial charge >= 0.3 is 12.1 Å². The van der Waals surface area contributed by atoms with E-state index in [1.54, 1.807) is 6.92 Å².